The van der Waals surface area contributed by atoms with Crippen LogP contribution in [0.2, 0.25) is 0 Å². The first kappa shape index (κ1) is 35.2. The molecule has 0 spiro atoms. The molecule has 0 aliphatic carbocycles. The first-order valence-corrected chi connectivity index (χ1v) is 14.1. The summed E-state index contributed by atoms with van der Waals surface area (Å²) in [6, 6.07) is 3.47. The molecule has 0 aliphatic rings. The predicted molar refractivity (Wildman–Crippen MR) is 153 cm³/mol. The highest BCUT2D eigenvalue weighted by atomic mass is 16.6. The molecule has 2 atom stereocenters. The quantitative estimate of drug-likeness (QED) is 0.161. The van der Waals surface area contributed by atoms with E-state index in [-0.39, 0.29) is 44.7 Å². The maximum atomic E-state index is 14.1. The summed E-state index contributed by atoms with van der Waals surface area (Å²) in [6.07, 6.45) is 2.01. The SMILES string of the molecule is CCCCCCN(C(=O)C(CCC(N)=O)NC(=O)OC(C)(C)C)C(C(=O)NCCC(=O)OCC)c1ccc(O)cc1. The van der Waals surface area contributed by atoms with Crippen molar-refractivity contribution in [3.63, 3.8) is 0 Å². The van der Waals surface area contributed by atoms with E-state index in [4.69, 9.17) is 15.2 Å². The Labute approximate surface area is 242 Å². The number of phenolic OH excluding ortho intramolecular Hbond substituents is 1. The number of carbonyl (C=O) groups excluding carboxylic acids is 5. The van der Waals surface area contributed by atoms with Crippen LogP contribution in [0.25, 0.3) is 0 Å². The van der Waals surface area contributed by atoms with Crippen molar-refractivity contribution in [1.82, 2.24) is 15.5 Å². The number of nitrogens with zero attached hydrogens (tertiary/aromatic N) is 1. The van der Waals surface area contributed by atoms with Gasteiger partial charge in [-0.15, -0.1) is 0 Å². The van der Waals surface area contributed by atoms with E-state index in [0.29, 0.717) is 12.0 Å². The molecule has 0 saturated carbocycles. The van der Waals surface area contributed by atoms with Crippen molar-refractivity contribution in [2.24, 2.45) is 5.73 Å². The van der Waals surface area contributed by atoms with Crippen molar-refractivity contribution in [2.75, 3.05) is 19.7 Å². The van der Waals surface area contributed by atoms with Crippen molar-refractivity contribution in [3.8, 4) is 5.75 Å². The van der Waals surface area contributed by atoms with Crippen molar-refractivity contribution in [2.45, 2.75) is 97.2 Å². The van der Waals surface area contributed by atoms with Gasteiger partial charge in [0, 0.05) is 19.5 Å². The molecule has 1 aromatic rings. The second-order valence-electron chi connectivity index (χ2n) is 10.6. The number of carbonyl (C=O) groups is 5. The van der Waals surface area contributed by atoms with E-state index >= 15 is 0 Å². The van der Waals surface area contributed by atoms with Gasteiger partial charge in [-0.25, -0.2) is 4.79 Å². The van der Waals surface area contributed by atoms with E-state index in [1.165, 1.54) is 29.2 Å². The first-order valence-electron chi connectivity index (χ1n) is 14.1. The number of primary amides is 1. The van der Waals surface area contributed by atoms with Crippen molar-refractivity contribution in [3.05, 3.63) is 29.8 Å². The van der Waals surface area contributed by atoms with Crippen LogP contribution in [0.3, 0.4) is 0 Å². The minimum atomic E-state index is -1.21. The number of hydrogen-bond acceptors (Lipinski definition) is 8. The number of nitrogens with two attached hydrogens (primary N) is 1. The number of benzene rings is 1. The molecular weight excluding hydrogens is 532 g/mol. The third-order valence-electron chi connectivity index (χ3n) is 5.91. The van der Waals surface area contributed by atoms with Crippen LogP contribution in [-0.4, -0.2) is 71.1 Å². The van der Waals surface area contributed by atoms with E-state index in [0.717, 1.165) is 19.3 Å². The molecule has 5 N–H and O–H groups in total. The summed E-state index contributed by atoms with van der Waals surface area (Å²) < 4.78 is 10.3. The zero-order valence-electron chi connectivity index (χ0n) is 24.9. The molecule has 4 amide bonds. The minimum absolute atomic E-state index is 0.0224. The summed E-state index contributed by atoms with van der Waals surface area (Å²) in [7, 11) is 0. The number of alkyl carbamates (subject to hydrolysis) is 1. The zero-order valence-corrected chi connectivity index (χ0v) is 24.9. The standard InChI is InChI=1S/C29H46N4O8/c1-6-8-9-10-19-33(27(38)22(15-16-23(30)35)32-28(39)41-29(3,4)5)25(20-11-13-21(34)14-12-20)26(37)31-18-17-24(36)40-7-2/h11-14,22,25,34H,6-10,15-19H2,1-5H3,(H2,30,35)(H,31,37)(H,32,39). The van der Waals surface area contributed by atoms with Crippen molar-refractivity contribution >= 4 is 29.8 Å². The lowest BCUT2D eigenvalue weighted by atomic mass is 10.0. The molecule has 0 aliphatic heterocycles. The van der Waals surface area contributed by atoms with E-state index in [9.17, 15) is 29.1 Å². The molecule has 230 valence electrons. The summed E-state index contributed by atoms with van der Waals surface area (Å²) in [6.45, 7) is 9.10. The Morgan fingerprint density at radius 2 is 1.66 bits per heavy atom. The second kappa shape index (κ2) is 17.8. The zero-order chi connectivity index (χ0) is 31.0. The fourth-order valence-electron chi connectivity index (χ4n) is 4.02. The molecular formula is C29H46N4O8. The maximum absolute atomic E-state index is 14.1. The predicted octanol–water partition coefficient (Wildman–Crippen LogP) is 3.07. The van der Waals surface area contributed by atoms with Crippen molar-refractivity contribution in [1.29, 1.82) is 0 Å². The lowest BCUT2D eigenvalue weighted by Crippen LogP contribution is -2.53. The van der Waals surface area contributed by atoms with Gasteiger partial charge in [-0.3, -0.25) is 19.2 Å². The van der Waals surface area contributed by atoms with E-state index in [1.54, 1.807) is 27.7 Å². The number of esters is 1. The van der Waals surface area contributed by atoms with Crippen LogP contribution in [-0.2, 0) is 28.7 Å². The van der Waals surface area contributed by atoms with Gasteiger partial charge >= 0.3 is 12.1 Å². The highest BCUT2D eigenvalue weighted by molar-refractivity contribution is 5.92. The Kier molecular flexibility index (Phi) is 15.3. The van der Waals surface area contributed by atoms with Gasteiger partial charge in [0.15, 0.2) is 0 Å². The smallest absolute Gasteiger partial charge is 0.408 e. The van der Waals surface area contributed by atoms with Gasteiger partial charge in [0.2, 0.25) is 17.7 Å². The summed E-state index contributed by atoms with van der Waals surface area (Å²) in [5.74, 6) is -2.33. The van der Waals surface area contributed by atoms with Gasteiger partial charge in [0.05, 0.1) is 13.0 Å². The molecule has 41 heavy (non-hydrogen) atoms. The molecule has 0 saturated heterocycles. The van der Waals surface area contributed by atoms with Crippen molar-refractivity contribution < 1.29 is 38.6 Å². The normalized spacial score (nSPS) is 12.5. The number of ether oxygens (including phenoxy) is 2. The Hall–Kier alpha value is -3.83. The topological polar surface area (TPSA) is 177 Å². The Morgan fingerprint density at radius 1 is 1.00 bits per heavy atom. The largest absolute Gasteiger partial charge is 0.508 e. The lowest BCUT2D eigenvalue weighted by Gasteiger charge is -2.34. The highest BCUT2D eigenvalue weighted by Gasteiger charge is 2.36. The average Bonchev–Trinajstić information content (AvgIpc) is 2.87. The summed E-state index contributed by atoms with van der Waals surface area (Å²) in [5, 5.41) is 15.1. The molecule has 0 bridgehead atoms. The molecule has 0 radical (unpaired) electrons. The molecule has 1 rings (SSSR count). The molecule has 0 fully saturated rings. The van der Waals surface area contributed by atoms with Gasteiger partial charge in [-0.05, 0) is 58.2 Å². The highest BCUT2D eigenvalue weighted by Crippen LogP contribution is 2.26. The van der Waals surface area contributed by atoms with Gasteiger partial charge in [-0.1, -0.05) is 38.3 Å². The van der Waals surface area contributed by atoms with E-state index < -0.39 is 47.5 Å². The fraction of sp³-hybridized carbons (Fsp3) is 0.621. The van der Waals surface area contributed by atoms with Gasteiger partial charge in [-0.2, -0.15) is 0 Å². The van der Waals surface area contributed by atoms with Crippen LogP contribution in [0.4, 0.5) is 4.79 Å². The number of amides is 4. The van der Waals surface area contributed by atoms with Gasteiger partial charge in [0.1, 0.15) is 23.4 Å². The number of phenols is 1. The monoisotopic (exact) mass is 578 g/mol. The van der Waals surface area contributed by atoms with Gasteiger partial charge in [0.25, 0.3) is 0 Å². The molecule has 1 aromatic carbocycles. The minimum Gasteiger partial charge on any atom is -0.508 e. The van der Waals surface area contributed by atoms with Crippen LogP contribution in [0.1, 0.15) is 91.2 Å². The summed E-state index contributed by atoms with van der Waals surface area (Å²) in [5.41, 5.74) is 4.91. The van der Waals surface area contributed by atoms with Crippen LogP contribution in [0, 0.1) is 0 Å². The van der Waals surface area contributed by atoms with Crippen LogP contribution in [0.15, 0.2) is 24.3 Å². The molecule has 0 aromatic heterocycles. The summed E-state index contributed by atoms with van der Waals surface area (Å²) in [4.78, 5) is 65.1. The Bertz CT molecular complexity index is 1010. The third kappa shape index (κ3) is 13.9. The summed E-state index contributed by atoms with van der Waals surface area (Å²) >= 11 is 0. The second-order valence-corrected chi connectivity index (χ2v) is 10.6. The number of nitrogens with one attached hydrogen (secondary N) is 2. The number of aromatic hydroxyl groups is 1. The van der Waals surface area contributed by atoms with Crippen LogP contribution < -0.4 is 16.4 Å². The number of hydrogen-bond donors (Lipinski definition) is 4. The fourth-order valence-corrected chi connectivity index (χ4v) is 4.02. The number of unbranched alkanes of at least 4 members (excludes halogenated alkanes) is 3. The van der Waals surface area contributed by atoms with E-state index in [1.807, 2.05) is 6.92 Å². The maximum Gasteiger partial charge on any atom is 0.408 e. The molecule has 12 nitrogen and oxygen atoms in total. The van der Waals surface area contributed by atoms with Gasteiger partial charge < -0.3 is 35.8 Å². The third-order valence-corrected chi connectivity index (χ3v) is 5.91. The first-order chi connectivity index (χ1) is 19.3. The van der Waals surface area contributed by atoms with Crippen LogP contribution >= 0.6 is 0 Å². The van der Waals surface area contributed by atoms with E-state index in [2.05, 4.69) is 10.6 Å². The Morgan fingerprint density at radius 3 is 2.22 bits per heavy atom. The molecule has 2 unspecified atom stereocenters. The lowest BCUT2D eigenvalue weighted by molar-refractivity contribution is -0.144. The average molecular weight is 579 g/mol. The Balaban J connectivity index is 3.44. The van der Waals surface area contributed by atoms with Crippen LogP contribution in [0.5, 0.6) is 5.75 Å². The number of rotatable bonds is 17. The molecule has 12 heteroatoms. The molecule has 0 heterocycles.